The average molecular weight is 494 g/mol. The minimum absolute atomic E-state index is 0.0983. The third-order valence-electron chi connectivity index (χ3n) is 4.50. The highest BCUT2D eigenvalue weighted by Gasteiger charge is 2.31. The molecule has 0 radical (unpaired) electrons. The summed E-state index contributed by atoms with van der Waals surface area (Å²) in [5.74, 6) is -0.547. The first-order valence-corrected chi connectivity index (χ1v) is 10.2. The fourth-order valence-corrected chi connectivity index (χ4v) is 3.47. The molecule has 2 N–H and O–H groups in total. The summed E-state index contributed by atoms with van der Waals surface area (Å²) in [6, 6.07) is 6.76. The summed E-state index contributed by atoms with van der Waals surface area (Å²) in [4.78, 5) is 46.6. The number of halogens is 1. The third kappa shape index (κ3) is 5.17. The number of nitrogens with zero attached hydrogens (tertiary/aromatic N) is 5. The summed E-state index contributed by atoms with van der Waals surface area (Å²) >= 11 is 3.28. The molecule has 0 spiro atoms. The molecule has 1 fully saturated rings. The normalized spacial score (nSPS) is 13.5. The summed E-state index contributed by atoms with van der Waals surface area (Å²) in [5, 5.41) is 11.8. The van der Waals surface area contributed by atoms with Gasteiger partial charge in [-0.25, -0.2) is 14.8 Å². The Labute approximate surface area is 185 Å². The van der Waals surface area contributed by atoms with E-state index in [0.717, 1.165) is 0 Å². The Balaban J connectivity index is 1.74. The maximum absolute atomic E-state index is 12.4. The molecule has 0 unspecified atom stereocenters. The van der Waals surface area contributed by atoms with Crippen LogP contribution in [0.4, 0.5) is 22.1 Å². The molecule has 1 aromatic carbocycles. The Bertz CT molecular complexity index is 982. The topological polar surface area (TPSA) is 143 Å². The zero-order valence-electron chi connectivity index (χ0n) is 16.6. The molecule has 0 atom stereocenters. The van der Waals surface area contributed by atoms with Crippen molar-refractivity contribution in [1.82, 2.24) is 20.3 Å². The van der Waals surface area contributed by atoms with Crippen LogP contribution in [0.25, 0.3) is 0 Å². The molecule has 2 aromatic rings. The van der Waals surface area contributed by atoms with Gasteiger partial charge < -0.3 is 14.5 Å². The lowest BCUT2D eigenvalue weighted by molar-refractivity contribution is -0.383. The Morgan fingerprint density at radius 1 is 1.23 bits per heavy atom. The van der Waals surface area contributed by atoms with Gasteiger partial charge in [-0.2, -0.15) is 0 Å². The van der Waals surface area contributed by atoms with E-state index in [0.29, 0.717) is 36.2 Å². The molecular weight excluding hydrogens is 474 g/mol. The second kappa shape index (κ2) is 10.0. The first kappa shape index (κ1) is 22.2. The molecule has 2 heterocycles. The van der Waals surface area contributed by atoms with Crippen molar-refractivity contribution in [2.45, 2.75) is 6.92 Å². The second-order valence-corrected chi connectivity index (χ2v) is 7.24. The highest BCUT2D eigenvalue weighted by atomic mass is 79.9. The zero-order valence-corrected chi connectivity index (χ0v) is 18.2. The molecule has 3 rings (SSSR count). The highest BCUT2D eigenvalue weighted by molar-refractivity contribution is 9.10. The predicted molar refractivity (Wildman–Crippen MR) is 115 cm³/mol. The van der Waals surface area contributed by atoms with Gasteiger partial charge in [-0.1, -0.05) is 12.1 Å². The van der Waals surface area contributed by atoms with Gasteiger partial charge >= 0.3 is 11.8 Å². The van der Waals surface area contributed by atoms with Crippen molar-refractivity contribution in [3.63, 3.8) is 0 Å². The van der Waals surface area contributed by atoms with Gasteiger partial charge in [-0.3, -0.25) is 25.8 Å². The number of aromatic nitrogens is 2. The SMILES string of the molecule is CCOC(=O)N1CCN(c2ncnc(NNC(=O)c3ccccc3Br)c2[N+](=O)[O-])CC1. The van der Waals surface area contributed by atoms with Crippen LogP contribution in [0.15, 0.2) is 35.1 Å². The number of carbonyl (C=O) groups is 2. The zero-order chi connectivity index (χ0) is 22.4. The number of carbonyl (C=O) groups excluding carboxylic acids is 2. The van der Waals surface area contributed by atoms with Crippen molar-refractivity contribution < 1.29 is 19.2 Å². The summed E-state index contributed by atoms with van der Waals surface area (Å²) in [6.07, 6.45) is 0.754. The molecule has 0 aliphatic carbocycles. The molecule has 1 aromatic heterocycles. The smallest absolute Gasteiger partial charge is 0.409 e. The van der Waals surface area contributed by atoms with Gasteiger partial charge in [-0.05, 0) is 35.0 Å². The van der Waals surface area contributed by atoms with E-state index in [1.54, 1.807) is 36.1 Å². The quantitative estimate of drug-likeness (QED) is 0.456. The first-order valence-electron chi connectivity index (χ1n) is 9.39. The van der Waals surface area contributed by atoms with Crippen molar-refractivity contribution in [2.24, 2.45) is 0 Å². The van der Waals surface area contributed by atoms with Gasteiger partial charge in [0.25, 0.3) is 5.91 Å². The number of anilines is 2. The van der Waals surface area contributed by atoms with E-state index in [-0.39, 0.29) is 23.9 Å². The van der Waals surface area contributed by atoms with Gasteiger partial charge in [0.15, 0.2) is 0 Å². The number of piperazine rings is 1. The molecule has 0 saturated carbocycles. The number of ether oxygens (including phenoxy) is 1. The van der Waals surface area contributed by atoms with Crippen LogP contribution >= 0.6 is 15.9 Å². The molecule has 13 heteroatoms. The number of hydrogen-bond donors (Lipinski definition) is 2. The minimum atomic E-state index is -0.611. The van der Waals surface area contributed by atoms with Crippen molar-refractivity contribution in [2.75, 3.05) is 43.1 Å². The van der Waals surface area contributed by atoms with E-state index in [4.69, 9.17) is 4.74 Å². The molecule has 12 nitrogen and oxygen atoms in total. The highest BCUT2D eigenvalue weighted by Crippen LogP contribution is 2.32. The fourth-order valence-electron chi connectivity index (χ4n) is 3.00. The number of nitrogens with one attached hydrogen (secondary N) is 2. The molecule has 0 bridgehead atoms. The monoisotopic (exact) mass is 493 g/mol. The van der Waals surface area contributed by atoms with Crippen molar-refractivity contribution in [1.29, 1.82) is 0 Å². The van der Waals surface area contributed by atoms with Crippen LogP contribution in [-0.4, -0.2) is 64.6 Å². The van der Waals surface area contributed by atoms with Gasteiger partial charge in [0.1, 0.15) is 6.33 Å². The molecular formula is C18H20BrN7O5. The van der Waals surface area contributed by atoms with Crippen molar-refractivity contribution in [3.8, 4) is 0 Å². The van der Waals surface area contributed by atoms with Gasteiger partial charge in [-0.15, -0.1) is 0 Å². The van der Waals surface area contributed by atoms with E-state index in [2.05, 4.69) is 36.7 Å². The van der Waals surface area contributed by atoms with Crippen LogP contribution in [0.1, 0.15) is 17.3 Å². The molecule has 164 valence electrons. The van der Waals surface area contributed by atoms with Gasteiger partial charge in [0, 0.05) is 30.7 Å². The first-order chi connectivity index (χ1) is 14.9. The van der Waals surface area contributed by atoms with E-state index >= 15 is 0 Å². The number of hydrazine groups is 1. The summed E-state index contributed by atoms with van der Waals surface area (Å²) in [7, 11) is 0. The van der Waals surface area contributed by atoms with Gasteiger partial charge in [0.05, 0.1) is 17.1 Å². The summed E-state index contributed by atoms with van der Waals surface area (Å²) < 4.78 is 5.56. The lowest BCUT2D eigenvalue weighted by Gasteiger charge is -2.34. The number of hydrogen-bond acceptors (Lipinski definition) is 9. The lowest BCUT2D eigenvalue weighted by Crippen LogP contribution is -2.49. The second-order valence-electron chi connectivity index (χ2n) is 6.38. The van der Waals surface area contributed by atoms with Crippen LogP contribution in [-0.2, 0) is 4.74 Å². The van der Waals surface area contributed by atoms with E-state index in [9.17, 15) is 19.7 Å². The van der Waals surface area contributed by atoms with Gasteiger partial charge in [0.2, 0.25) is 11.6 Å². The number of amides is 2. The predicted octanol–water partition coefficient (Wildman–Crippen LogP) is 2.18. The molecule has 2 amide bonds. The standard InChI is InChI=1S/C18H20BrN7O5/c1-2-31-18(28)25-9-7-24(8-10-25)16-14(26(29)30)15(20-11-21-16)22-23-17(27)12-5-3-4-6-13(12)19/h3-6,11H,2,7-10H2,1H3,(H,23,27)(H,20,21,22). The minimum Gasteiger partial charge on any atom is -0.450 e. The number of benzene rings is 1. The van der Waals surface area contributed by atoms with Crippen molar-refractivity contribution in [3.05, 3.63) is 50.7 Å². The van der Waals surface area contributed by atoms with Crippen LogP contribution in [0.5, 0.6) is 0 Å². The maximum atomic E-state index is 12.4. The lowest BCUT2D eigenvalue weighted by atomic mass is 10.2. The van der Waals surface area contributed by atoms with Crippen LogP contribution < -0.4 is 15.8 Å². The third-order valence-corrected chi connectivity index (χ3v) is 5.20. The molecule has 1 aliphatic rings. The Kier molecular flexibility index (Phi) is 7.18. The largest absolute Gasteiger partial charge is 0.450 e. The Morgan fingerprint density at radius 3 is 2.58 bits per heavy atom. The summed E-state index contributed by atoms with van der Waals surface area (Å²) in [5.41, 5.74) is 4.91. The Hall–Kier alpha value is -3.48. The van der Waals surface area contributed by atoms with Crippen molar-refractivity contribution >= 4 is 45.3 Å². The molecule has 1 saturated heterocycles. The fraction of sp³-hybridized carbons (Fsp3) is 0.333. The number of nitro groups is 1. The Morgan fingerprint density at radius 2 is 1.94 bits per heavy atom. The maximum Gasteiger partial charge on any atom is 0.409 e. The van der Waals surface area contributed by atoms with Crippen LogP contribution in [0.2, 0.25) is 0 Å². The van der Waals surface area contributed by atoms with E-state index in [1.807, 2.05) is 0 Å². The average Bonchev–Trinajstić information content (AvgIpc) is 2.77. The van der Waals surface area contributed by atoms with Crippen LogP contribution in [0, 0.1) is 10.1 Å². The van der Waals surface area contributed by atoms with Crippen LogP contribution in [0.3, 0.4) is 0 Å². The summed E-state index contributed by atoms with van der Waals surface area (Å²) in [6.45, 7) is 3.33. The van der Waals surface area contributed by atoms with E-state index < -0.39 is 16.9 Å². The molecule has 1 aliphatic heterocycles. The van der Waals surface area contributed by atoms with E-state index in [1.165, 1.54) is 11.2 Å². The number of rotatable bonds is 6. The molecule has 31 heavy (non-hydrogen) atoms.